The highest BCUT2D eigenvalue weighted by Crippen LogP contribution is 2.28. The third-order valence-electron chi connectivity index (χ3n) is 3.46. The smallest absolute Gasteiger partial charge is 0.294 e. The van der Waals surface area contributed by atoms with Crippen molar-refractivity contribution in [2.45, 2.75) is 31.7 Å². The minimum Gasteiger partial charge on any atom is -0.405 e. The first-order chi connectivity index (χ1) is 10.1. The van der Waals surface area contributed by atoms with Crippen LogP contribution in [-0.4, -0.2) is 35.6 Å². The maximum absolute atomic E-state index is 12.4. The summed E-state index contributed by atoms with van der Waals surface area (Å²) < 4.78 is 0. The Morgan fingerprint density at radius 2 is 2.10 bits per heavy atom. The minimum atomic E-state index is -0.788. The molecule has 0 saturated carbocycles. The SMILES string of the molecule is CN1Oc2ccccc2C(=O)C1CCCCCO[N+](=O)[O-]. The largest absolute Gasteiger partial charge is 0.405 e. The molecule has 1 aromatic carbocycles. The van der Waals surface area contributed by atoms with Gasteiger partial charge in [0.2, 0.25) is 0 Å². The van der Waals surface area contributed by atoms with Crippen molar-refractivity contribution in [1.82, 2.24) is 5.06 Å². The molecule has 1 unspecified atom stereocenters. The van der Waals surface area contributed by atoms with E-state index in [-0.39, 0.29) is 18.4 Å². The van der Waals surface area contributed by atoms with Crippen LogP contribution in [-0.2, 0) is 4.84 Å². The van der Waals surface area contributed by atoms with E-state index in [0.717, 1.165) is 12.8 Å². The Balaban J connectivity index is 1.81. The van der Waals surface area contributed by atoms with Crippen LogP contribution in [0.15, 0.2) is 24.3 Å². The standard InChI is InChI=1S/C14H18N2O5/c1-15-12(8-3-2-6-10-20-16(18)19)14(17)11-7-4-5-9-13(11)21-15/h4-5,7,9,12H,2-3,6,8,10H2,1H3. The number of hydrogen-bond donors (Lipinski definition) is 0. The van der Waals surface area contributed by atoms with Crippen LogP contribution in [0.2, 0.25) is 0 Å². The lowest BCUT2D eigenvalue weighted by atomic mass is 9.97. The predicted molar refractivity (Wildman–Crippen MR) is 74.4 cm³/mol. The van der Waals surface area contributed by atoms with Crippen molar-refractivity contribution in [1.29, 1.82) is 0 Å². The number of benzene rings is 1. The van der Waals surface area contributed by atoms with Crippen molar-refractivity contribution in [3.63, 3.8) is 0 Å². The van der Waals surface area contributed by atoms with Gasteiger partial charge in [0.05, 0.1) is 12.2 Å². The maximum atomic E-state index is 12.4. The van der Waals surface area contributed by atoms with Crippen molar-refractivity contribution in [3.8, 4) is 5.75 Å². The van der Waals surface area contributed by atoms with Gasteiger partial charge in [-0.1, -0.05) is 25.0 Å². The summed E-state index contributed by atoms with van der Waals surface area (Å²) in [6, 6.07) is 6.88. The zero-order valence-electron chi connectivity index (χ0n) is 11.9. The number of nitrogens with zero attached hydrogens (tertiary/aromatic N) is 2. The molecule has 0 radical (unpaired) electrons. The number of carbonyl (C=O) groups is 1. The summed E-state index contributed by atoms with van der Waals surface area (Å²) in [4.78, 5) is 32.3. The zero-order chi connectivity index (χ0) is 15.2. The van der Waals surface area contributed by atoms with Gasteiger partial charge >= 0.3 is 0 Å². The van der Waals surface area contributed by atoms with Gasteiger partial charge in [0.15, 0.2) is 11.5 Å². The summed E-state index contributed by atoms with van der Waals surface area (Å²) in [5.41, 5.74) is 0.609. The summed E-state index contributed by atoms with van der Waals surface area (Å²) in [6.45, 7) is 0.0980. The van der Waals surface area contributed by atoms with Crippen LogP contribution >= 0.6 is 0 Å². The van der Waals surface area contributed by atoms with Gasteiger partial charge in [-0.3, -0.25) is 4.79 Å². The molecule has 0 saturated heterocycles. The van der Waals surface area contributed by atoms with E-state index in [2.05, 4.69) is 4.84 Å². The van der Waals surface area contributed by atoms with Gasteiger partial charge in [0.25, 0.3) is 5.09 Å². The average Bonchev–Trinajstić information content (AvgIpc) is 2.45. The Kier molecular flexibility index (Phi) is 5.10. The first kappa shape index (κ1) is 15.2. The average molecular weight is 294 g/mol. The Morgan fingerprint density at radius 1 is 1.33 bits per heavy atom. The molecule has 0 N–H and O–H groups in total. The fourth-order valence-corrected chi connectivity index (χ4v) is 2.38. The lowest BCUT2D eigenvalue weighted by molar-refractivity contribution is -0.757. The second-order valence-electron chi connectivity index (χ2n) is 4.92. The van der Waals surface area contributed by atoms with Gasteiger partial charge < -0.3 is 9.68 Å². The number of hydrogen-bond acceptors (Lipinski definition) is 6. The van der Waals surface area contributed by atoms with E-state index in [0.29, 0.717) is 24.2 Å². The van der Waals surface area contributed by atoms with Gasteiger partial charge in [-0.2, -0.15) is 0 Å². The number of unbranched alkanes of at least 4 members (excludes halogenated alkanes) is 2. The number of likely N-dealkylation sites (N-methyl/N-ethyl adjacent to an activating group) is 1. The number of carbonyl (C=O) groups excluding carboxylic acids is 1. The molecule has 1 aliphatic heterocycles. The molecule has 7 heteroatoms. The van der Waals surface area contributed by atoms with Gasteiger partial charge in [-0.15, -0.1) is 15.2 Å². The van der Waals surface area contributed by atoms with Crippen LogP contribution in [0.3, 0.4) is 0 Å². The van der Waals surface area contributed by atoms with Gasteiger partial charge in [-0.25, -0.2) is 0 Å². The van der Waals surface area contributed by atoms with Gasteiger partial charge in [0, 0.05) is 7.05 Å². The third kappa shape index (κ3) is 3.91. The molecule has 1 atom stereocenters. The highest BCUT2D eigenvalue weighted by atomic mass is 16.9. The van der Waals surface area contributed by atoms with Gasteiger partial charge in [-0.05, 0) is 25.0 Å². The van der Waals surface area contributed by atoms with Crippen molar-refractivity contribution < 1.29 is 19.6 Å². The molecule has 114 valence electrons. The summed E-state index contributed by atoms with van der Waals surface area (Å²) in [7, 11) is 1.74. The molecular formula is C14H18N2O5. The number of rotatable bonds is 7. The highest BCUT2D eigenvalue weighted by Gasteiger charge is 2.32. The summed E-state index contributed by atoms with van der Waals surface area (Å²) in [6.07, 6.45) is 2.81. The van der Waals surface area contributed by atoms with Crippen molar-refractivity contribution >= 4 is 5.78 Å². The zero-order valence-corrected chi connectivity index (χ0v) is 11.9. The number of hydroxylamine groups is 2. The molecule has 0 aliphatic carbocycles. The van der Waals surface area contributed by atoms with Crippen molar-refractivity contribution in [3.05, 3.63) is 39.9 Å². The normalized spacial score (nSPS) is 18.0. The molecule has 0 spiro atoms. The lowest BCUT2D eigenvalue weighted by Gasteiger charge is -2.32. The quantitative estimate of drug-likeness (QED) is 0.436. The van der Waals surface area contributed by atoms with Crippen molar-refractivity contribution in [2.24, 2.45) is 0 Å². The molecule has 7 nitrogen and oxygen atoms in total. The number of ketones is 1. The van der Waals surface area contributed by atoms with E-state index in [9.17, 15) is 14.9 Å². The molecule has 1 heterocycles. The van der Waals surface area contributed by atoms with Crippen LogP contribution in [0.4, 0.5) is 0 Å². The molecule has 2 rings (SSSR count). The first-order valence-corrected chi connectivity index (χ1v) is 6.91. The number of fused-ring (bicyclic) bond motifs is 1. The fourth-order valence-electron chi connectivity index (χ4n) is 2.38. The molecule has 0 fully saturated rings. The Bertz CT molecular complexity index is 520. The van der Waals surface area contributed by atoms with E-state index in [4.69, 9.17) is 4.84 Å². The van der Waals surface area contributed by atoms with E-state index in [1.807, 2.05) is 12.1 Å². The molecule has 0 bridgehead atoms. The van der Waals surface area contributed by atoms with Crippen LogP contribution < -0.4 is 4.84 Å². The predicted octanol–water partition coefficient (Wildman–Crippen LogP) is 2.25. The molecule has 1 aromatic rings. The Morgan fingerprint density at radius 3 is 2.86 bits per heavy atom. The molecular weight excluding hydrogens is 276 g/mol. The van der Waals surface area contributed by atoms with Crippen LogP contribution in [0.25, 0.3) is 0 Å². The lowest BCUT2D eigenvalue weighted by Crippen LogP contribution is -2.44. The van der Waals surface area contributed by atoms with Crippen LogP contribution in [0.5, 0.6) is 5.75 Å². The second-order valence-corrected chi connectivity index (χ2v) is 4.92. The highest BCUT2D eigenvalue weighted by molar-refractivity contribution is 6.03. The van der Waals surface area contributed by atoms with Gasteiger partial charge in [0.1, 0.15) is 6.04 Å². The molecule has 0 amide bonds. The second kappa shape index (κ2) is 7.03. The number of para-hydroxylation sites is 1. The maximum Gasteiger partial charge on any atom is 0.294 e. The summed E-state index contributed by atoms with van der Waals surface area (Å²) in [5.74, 6) is 0.640. The molecule has 0 aromatic heterocycles. The van der Waals surface area contributed by atoms with E-state index in [1.54, 1.807) is 24.2 Å². The Hall–Kier alpha value is -2.15. The number of Topliss-reactive ketones (excluding diaryl/α,β-unsaturated/α-hetero) is 1. The summed E-state index contributed by atoms with van der Waals surface area (Å²) >= 11 is 0. The van der Waals surface area contributed by atoms with E-state index >= 15 is 0 Å². The van der Waals surface area contributed by atoms with E-state index in [1.165, 1.54) is 0 Å². The van der Waals surface area contributed by atoms with Crippen molar-refractivity contribution in [2.75, 3.05) is 13.7 Å². The molecule has 1 aliphatic rings. The summed E-state index contributed by atoms with van der Waals surface area (Å²) in [5, 5.41) is 10.8. The Labute approximate surface area is 122 Å². The fraction of sp³-hybridized carbons (Fsp3) is 0.500. The van der Waals surface area contributed by atoms with E-state index < -0.39 is 5.09 Å². The monoisotopic (exact) mass is 294 g/mol. The molecule has 21 heavy (non-hydrogen) atoms. The topological polar surface area (TPSA) is 81.9 Å². The van der Waals surface area contributed by atoms with Crippen LogP contribution in [0, 0.1) is 10.1 Å². The van der Waals surface area contributed by atoms with Crippen LogP contribution in [0.1, 0.15) is 36.0 Å². The minimum absolute atomic E-state index is 0.0564. The first-order valence-electron chi connectivity index (χ1n) is 6.91. The third-order valence-corrected chi connectivity index (χ3v) is 3.46.